The smallest absolute Gasteiger partial charge is 0.270 e. The fraction of sp³-hybridized carbons (Fsp3) is 0.667. The van der Waals surface area contributed by atoms with E-state index in [9.17, 15) is 9.90 Å². The molecule has 8 heteroatoms. The van der Waals surface area contributed by atoms with Gasteiger partial charge in [-0.3, -0.25) is 4.79 Å². The third-order valence-electron chi connectivity index (χ3n) is 6.96. The molecule has 1 aliphatic carbocycles. The van der Waals surface area contributed by atoms with Crippen molar-refractivity contribution < 1.29 is 14.6 Å². The molecule has 1 amide bonds. The summed E-state index contributed by atoms with van der Waals surface area (Å²) < 4.78 is 7.70. The number of pyridine rings is 1. The highest BCUT2D eigenvalue weighted by atomic mass is 16.5. The lowest BCUT2D eigenvalue weighted by Crippen LogP contribution is -2.69. The Balaban J connectivity index is 1.31. The quantitative estimate of drug-likeness (QED) is 0.804. The van der Waals surface area contributed by atoms with Crippen LogP contribution in [0.3, 0.4) is 0 Å². The second-order valence-corrected chi connectivity index (χ2v) is 9.12. The van der Waals surface area contributed by atoms with E-state index in [4.69, 9.17) is 4.74 Å². The van der Waals surface area contributed by atoms with Crippen LogP contribution in [0.2, 0.25) is 0 Å². The van der Waals surface area contributed by atoms with Gasteiger partial charge in [-0.15, -0.1) is 0 Å². The predicted octanol–water partition coefficient (Wildman–Crippen LogP) is 1.24. The highest BCUT2D eigenvalue weighted by Crippen LogP contribution is 2.41. The summed E-state index contributed by atoms with van der Waals surface area (Å²) in [6.07, 6.45) is 5.54. The Bertz CT molecular complexity index is 903. The number of likely N-dealkylation sites (tertiary alicyclic amines) is 1. The van der Waals surface area contributed by atoms with Gasteiger partial charge in [-0.2, -0.15) is 5.10 Å². The molecule has 0 unspecified atom stereocenters. The molecular weight excluding hydrogens is 370 g/mol. The number of carbonyl (C=O) groups is 1. The lowest BCUT2D eigenvalue weighted by molar-refractivity contribution is -0.205. The fourth-order valence-electron chi connectivity index (χ4n) is 4.93. The van der Waals surface area contributed by atoms with E-state index in [-0.39, 0.29) is 5.91 Å². The number of aromatic nitrogens is 3. The van der Waals surface area contributed by atoms with Crippen molar-refractivity contribution in [2.24, 2.45) is 5.92 Å². The van der Waals surface area contributed by atoms with Gasteiger partial charge < -0.3 is 20.1 Å². The molecule has 1 spiro atoms. The first-order valence-corrected chi connectivity index (χ1v) is 10.6. The van der Waals surface area contributed by atoms with Crippen LogP contribution in [0.5, 0.6) is 0 Å². The number of hydrogen-bond acceptors (Lipinski definition) is 6. The van der Waals surface area contributed by atoms with Crippen molar-refractivity contribution in [3.05, 3.63) is 30.2 Å². The Morgan fingerprint density at radius 2 is 2.10 bits per heavy atom. The number of rotatable bonds is 4. The lowest BCUT2D eigenvalue weighted by atomic mass is 9.73. The maximum absolute atomic E-state index is 13.1. The van der Waals surface area contributed by atoms with Crippen LogP contribution in [0.4, 0.5) is 0 Å². The zero-order valence-corrected chi connectivity index (χ0v) is 16.9. The van der Waals surface area contributed by atoms with E-state index in [0.29, 0.717) is 24.4 Å². The van der Waals surface area contributed by atoms with Gasteiger partial charge in [0, 0.05) is 26.2 Å². The molecule has 8 nitrogen and oxygen atoms in total. The first-order valence-electron chi connectivity index (χ1n) is 10.6. The van der Waals surface area contributed by atoms with Crippen molar-refractivity contribution in [2.75, 3.05) is 26.2 Å². The number of hydrogen-bond donors (Lipinski definition) is 2. The maximum atomic E-state index is 13.1. The number of ether oxygens (including phenoxy) is 1. The van der Waals surface area contributed by atoms with Crippen LogP contribution in [-0.2, 0) is 4.74 Å². The summed E-state index contributed by atoms with van der Waals surface area (Å²) in [5.41, 5.74) is -0.306. The SMILES string of the molecule is C[C@]1(NC(=O)c2cccc3ncnn23)CCOC2(CCN(CC3CC3)CC2)[C@@H]1O. The van der Waals surface area contributed by atoms with E-state index in [0.717, 1.165) is 31.8 Å². The Morgan fingerprint density at radius 3 is 2.86 bits per heavy atom. The van der Waals surface area contributed by atoms with Crippen LogP contribution in [-0.4, -0.2) is 74.0 Å². The number of fused-ring (bicyclic) bond motifs is 1. The number of amides is 1. The minimum Gasteiger partial charge on any atom is -0.388 e. The lowest BCUT2D eigenvalue weighted by Gasteiger charge is -2.53. The largest absolute Gasteiger partial charge is 0.388 e. The Morgan fingerprint density at radius 1 is 1.31 bits per heavy atom. The molecule has 2 aromatic heterocycles. The normalized spacial score (nSPS) is 29.9. The Kier molecular flexibility index (Phi) is 4.60. The molecule has 156 valence electrons. The van der Waals surface area contributed by atoms with Crippen LogP contribution in [0.1, 0.15) is 49.5 Å². The average Bonchev–Trinajstić information content (AvgIpc) is 3.40. The van der Waals surface area contributed by atoms with Gasteiger partial charge in [-0.25, -0.2) is 9.50 Å². The third-order valence-corrected chi connectivity index (χ3v) is 6.96. The predicted molar refractivity (Wildman–Crippen MR) is 107 cm³/mol. The summed E-state index contributed by atoms with van der Waals surface area (Å²) in [5, 5.41) is 18.6. The number of nitrogens with one attached hydrogen (secondary N) is 1. The van der Waals surface area contributed by atoms with Crippen LogP contribution in [0.25, 0.3) is 5.65 Å². The van der Waals surface area contributed by atoms with Gasteiger partial charge in [0.05, 0.1) is 11.1 Å². The minimum atomic E-state index is -0.759. The van der Waals surface area contributed by atoms with Crippen LogP contribution >= 0.6 is 0 Å². The second kappa shape index (κ2) is 7.04. The minimum absolute atomic E-state index is 0.258. The molecule has 2 atom stereocenters. The average molecular weight is 399 g/mol. The number of aliphatic hydroxyl groups is 1. The summed E-state index contributed by atoms with van der Waals surface area (Å²) in [4.78, 5) is 19.7. The van der Waals surface area contributed by atoms with E-state index in [2.05, 4.69) is 20.3 Å². The highest BCUT2D eigenvalue weighted by molar-refractivity contribution is 5.93. The Hall–Kier alpha value is -2.03. The molecule has 2 N–H and O–H groups in total. The zero-order chi connectivity index (χ0) is 20.1. The molecule has 29 heavy (non-hydrogen) atoms. The van der Waals surface area contributed by atoms with Crippen molar-refractivity contribution in [2.45, 2.75) is 56.3 Å². The van der Waals surface area contributed by atoms with E-state index in [1.807, 2.05) is 6.92 Å². The van der Waals surface area contributed by atoms with E-state index >= 15 is 0 Å². The number of nitrogens with zero attached hydrogens (tertiary/aromatic N) is 4. The van der Waals surface area contributed by atoms with Crippen molar-refractivity contribution in [1.29, 1.82) is 0 Å². The summed E-state index contributed by atoms with van der Waals surface area (Å²) in [6, 6.07) is 5.32. The van der Waals surface area contributed by atoms with Gasteiger partial charge in [0.25, 0.3) is 5.91 Å². The van der Waals surface area contributed by atoms with Crippen molar-refractivity contribution in [3.8, 4) is 0 Å². The summed E-state index contributed by atoms with van der Waals surface area (Å²) in [6.45, 7) is 5.51. The molecule has 0 radical (unpaired) electrons. The molecule has 2 aliphatic heterocycles. The van der Waals surface area contributed by atoms with Gasteiger partial charge in [-0.1, -0.05) is 6.07 Å². The highest BCUT2D eigenvalue weighted by Gasteiger charge is 2.54. The van der Waals surface area contributed by atoms with Gasteiger partial charge in [0.15, 0.2) is 5.65 Å². The van der Waals surface area contributed by atoms with E-state index in [1.54, 1.807) is 18.2 Å². The van der Waals surface area contributed by atoms with E-state index < -0.39 is 17.2 Å². The van der Waals surface area contributed by atoms with Gasteiger partial charge in [0.1, 0.15) is 18.1 Å². The number of aliphatic hydroxyl groups excluding tert-OH is 1. The Labute approximate surface area is 170 Å². The van der Waals surface area contributed by atoms with Crippen molar-refractivity contribution >= 4 is 11.6 Å². The maximum Gasteiger partial charge on any atom is 0.270 e. The van der Waals surface area contributed by atoms with Crippen LogP contribution in [0, 0.1) is 5.92 Å². The number of piperidine rings is 1. The molecule has 3 fully saturated rings. The molecule has 4 heterocycles. The summed E-state index contributed by atoms with van der Waals surface area (Å²) in [7, 11) is 0. The molecule has 0 bridgehead atoms. The molecule has 3 aliphatic rings. The molecule has 2 aromatic rings. The topological polar surface area (TPSA) is 92.0 Å². The molecule has 0 aromatic carbocycles. The fourth-order valence-corrected chi connectivity index (χ4v) is 4.93. The number of carbonyl (C=O) groups excluding carboxylic acids is 1. The summed E-state index contributed by atoms with van der Waals surface area (Å²) in [5.74, 6) is 0.608. The molecular formula is C21H29N5O3. The monoisotopic (exact) mass is 399 g/mol. The zero-order valence-electron chi connectivity index (χ0n) is 16.9. The second-order valence-electron chi connectivity index (χ2n) is 9.12. The van der Waals surface area contributed by atoms with Crippen LogP contribution in [0.15, 0.2) is 24.5 Å². The van der Waals surface area contributed by atoms with Crippen molar-refractivity contribution in [1.82, 2.24) is 24.8 Å². The van der Waals surface area contributed by atoms with Gasteiger partial charge >= 0.3 is 0 Å². The first-order chi connectivity index (χ1) is 14.0. The standard InChI is InChI=1S/C21H29N5O3/c1-20(24-18(27)16-3-2-4-17-22-14-23-26(16)17)9-12-29-21(19(20)28)7-10-25(11-8-21)13-15-5-6-15/h2-4,14-15,19,28H,5-13H2,1H3,(H,24,27)/t19-,20+/m1/s1. The molecule has 2 saturated heterocycles. The first kappa shape index (κ1) is 19.0. The molecule has 1 saturated carbocycles. The van der Waals surface area contributed by atoms with Gasteiger partial charge in [-0.05, 0) is 57.1 Å². The summed E-state index contributed by atoms with van der Waals surface area (Å²) >= 11 is 0. The van der Waals surface area contributed by atoms with E-state index in [1.165, 1.54) is 30.2 Å². The van der Waals surface area contributed by atoms with Crippen molar-refractivity contribution in [3.63, 3.8) is 0 Å². The van der Waals surface area contributed by atoms with Gasteiger partial charge in [0.2, 0.25) is 0 Å². The van der Waals surface area contributed by atoms with Crippen LogP contribution < -0.4 is 5.32 Å². The molecule has 5 rings (SSSR count). The third kappa shape index (κ3) is 3.43.